The van der Waals surface area contributed by atoms with Gasteiger partial charge in [-0.1, -0.05) is 12.1 Å². The van der Waals surface area contributed by atoms with Crippen LogP contribution in [0, 0.1) is 0 Å². The second-order valence-electron chi connectivity index (χ2n) is 4.78. The van der Waals surface area contributed by atoms with Crippen molar-refractivity contribution in [3.63, 3.8) is 0 Å². The maximum Gasteiger partial charge on any atom is 0.243 e. The van der Waals surface area contributed by atoms with E-state index < -0.39 is 6.04 Å². The van der Waals surface area contributed by atoms with E-state index in [0.29, 0.717) is 18.8 Å². The van der Waals surface area contributed by atoms with E-state index in [-0.39, 0.29) is 30.8 Å². The maximum atomic E-state index is 11.8. The van der Waals surface area contributed by atoms with Crippen molar-refractivity contribution in [3.8, 4) is 0 Å². The summed E-state index contributed by atoms with van der Waals surface area (Å²) in [6, 6.07) is 6.66. The Labute approximate surface area is 137 Å². The molecule has 1 atom stereocenters. The first-order valence-electron chi connectivity index (χ1n) is 6.87. The molecule has 0 bridgehead atoms. The van der Waals surface area contributed by atoms with E-state index in [1.54, 1.807) is 17.9 Å². The first-order valence-corrected chi connectivity index (χ1v) is 6.87. The Balaban J connectivity index is 0.00000441. The van der Waals surface area contributed by atoms with Gasteiger partial charge in [-0.3, -0.25) is 9.59 Å². The fraction of sp³-hybridized carbons (Fsp3) is 0.467. The summed E-state index contributed by atoms with van der Waals surface area (Å²) in [6.45, 7) is 4.79. The highest BCUT2D eigenvalue weighted by molar-refractivity contribution is 5.94. The smallest absolute Gasteiger partial charge is 0.243 e. The average molecular weight is 330 g/mol. The van der Waals surface area contributed by atoms with Crippen molar-refractivity contribution in [3.05, 3.63) is 29.8 Å². The fourth-order valence-electron chi connectivity index (χ4n) is 1.90. The predicted molar refractivity (Wildman–Crippen MR) is 88.9 cm³/mol. The number of hydrogen-bond acceptors (Lipinski definition) is 4. The molecule has 0 saturated heterocycles. The van der Waals surface area contributed by atoms with E-state index in [1.165, 1.54) is 7.11 Å². The summed E-state index contributed by atoms with van der Waals surface area (Å²) in [4.78, 5) is 25.0. The highest BCUT2D eigenvalue weighted by Crippen LogP contribution is 2.13. The second-order valence-corrected chi connectivity index (χ2v) is 4.78. The molecule has 1 rings (SSSR count). The average Bonchev–Trinajstić information content (AvgIpc) is 2.45. The van der Waals surface area contributed by atoms with Gasteiger partial charge in [-0.25, -0.2) is 0 Å². The third-order valence-corrected chi connectivity index (χ3v) is 3.08. The molecule has 1 aromatic rings. The number of rotatable bonds is 7. The standard InChI is InChI=1S/C15H23N3O3.ClH/c1-4-18(11(2)19)9-12-6-5-7-13(8-12)17-15(20)14(16)10-21-3;/h5-8,14H,4,9-10,16H2,1-3H3,(H,17,20);1H. The zero-order chi connectivity index (χ0) is 15.8. The third-order valence-electron chi connectivity index (χ3n) is 3.08. The summed E-state index contributed by atoms with van der Waals surface area (Å²) < 4.78 is 4.85. The number of methoxy groups -OCH3 is 1. The molecular formula is C15H24ClN3O3. The van der Waals surface area contributed by atoms with Gasteiger partial charge < -0.3 is 20.7 Å². The minimum atomic E-state index is -0.706. The van der Waals surface area contributed by atoms with Crippen LogP contribution in [0.25, 0.3) is 0 Å². The van der Waals surface area contributed by atoms with Crippen LogP contribution in [0.3, 0.4) is 0 Å². The first-order chi connectivity index (χ1) is 9.97. The highest BCUT2D eigenvalue weighted by Gasteiger charge is 2.13. The van der Waals surface area contributed by atoms with Crippen LogP contribution in [-0.2, 0) is 20.9 Å². The Morgan fingerprint density at radius 3 is 2.64 bits per heavy atom. The highest BCUT2D eigenvalue weighted by atomic mass is 35.5. The number of nitrogens with two attached hydrogens (primary N) is 1. The number of carbonyl (C=O) groups excluding carboxylic acids is 2. The van der Waals surface area contributed by atoms with Crippen molar-refractivity contribution in [2.24, 2.45) is 5.73 Å². The van der Waals surface area contributed by atoms with Crippen LogP contribution in [0.4, 0.5) is 5.69 Å². The van der Waals surface area contributed by atoms with Crippen LogP contribution >= 0.6 is 12.4 Å². The minimum Gasteiger partial charge on any atom is -0.383 e. The van der Waals surface area contributed by atoms with Crippen LogP contribution in [0.1, 0.15) is 19.4 Å². The molecule has 0 fully saturated rings. The number of nitrogens with one attached hydrogen (secondary N) is 1. The third kappa shape index (κ3) is 6.43. The number of anilines is 1. The van der Waals surface area contributed by atoms with E-state index in [2.05, 4.69) is 5.32 Å². The van der Waals surface area contributed by atoms with Gasteiger partial charge in [0.25, 0.3) is 0 Å². The summed E-state index contributed by atoms with van der Waals surface area (Å²) in [5.41, 5.74) is 7.27. The predicted octanol–water partition coefficient (Wildman–Crippen LogP) is 1.39. The Hall–Kier alpha value is -1.63. The van der Waals surface area contributed by atoms with E-state index in [9.17, 15) is 9.59 Å². The van der Waals surface area contributed by atoms with Crippen LogP contribution < -0.4 is 11.1 Å². The van der Waals surface area contributed by atoms with Crippen LogP contribution in [0.15, 0.2) is 24.3 Å². The number of benzene rings is 1. The molecule has 1 unspecified atom stereocenters. The lowest BCUT2D eigenvalue weighted by Crippen LogP contribution is -2.39. The molecule has 0 heterocycles. The quantitative estimate of drug-likeness (QED) is 0.791. The van der Waals surface area contributed by atoms with Gasteiger partial charge in [-0.2, -0.15) is 0 Å². The van der Waals surface area contributed by atoms with Gasteiger partial charge in [0.1, 0.15) is 6.04 Å². The molecule has 0 aromatic heterocycles. The monoisotopic (exact) mass is 329 g/mol. The number of halogens is 1. The molecule has 22 heavy (non-hydrogen) atoms. The maximum absolute atomic E-state index is 11.8. The zero-order valence-corrected chi connectivity index (χ0v) is 14.0. The van der Waals surface area contributed by atoms with Gasteiger partial charge in [-0.15, -0.1) is 12.4 Å². The number of ether oxygens (including phenoxy) is 1. The second kappa shape index (κ2) is 10.2. The summed E-state index contributed by atoms with van der Waals surface area (Å²) in [7, 11) is 1.49. The summed E-state index contributed by atoms with van der Waals surface area (Å²) in [5.74, 6) is -0.276. The molecule has 0 radical (unpaired) electrons. The lowest BCUT2D eigenvalue weighted by Gasteiger charge is -2.19. The van der Waals surface area contributed by atoms with E-state index in [1.807, 2.05) is 25.1 Å². The van der Waals surface area contributed by atoms with E-state index in [4.69, 9.17) is 10.5 Å². The molecule has 2 amide bonds. The van der Waals surface area contributed by atoms with Crippen molar-refractivity contribution in [1.82, 2.24) is 4.90 Å². The van der Waals surface area contributed by atoms with Crippen molar-refractivity contribution in [1.29, 1.82) is 0 Å². The summed E-state index contributed by atoms with van der Waals surface area (Å²) in [6.07, 6.45) is 0. The topological polar surface area (TPSA) is 84.7 Å². The Morgan fingerprint density at radius 1 is 1.41 bits per heavy atom. The molecule has 1 aromatic carbocycles. The molecule has 124 valence electrons. The largest absolute Gasteiger partial charge is 0.383 e. The summed E-state index contributed by atoms with van der Waals surface area (Å²) in [5, 5.41) is 2.74. The number of carbonyl (C=O) groups is 2. The van der Waals surface area contributed by atoms with E-state index >= 15 is 0 Å². The van der Waals surface area contributed by atoms with Gasteiger partial charge >= 0.3 is 0 Å². The van der Waals surface area contributed by atoms with Gasteiger partial charge in [0, 0.05) is 32.8 Å². The van der Waals surface area contributed by atoms with Crippen LogP contribution in [0.5, 0.6) is 0 Å². The SMILES string of the molecule is CCN(Cc1cccc(NC(=O)C(N)COC)c1)C(C)=O.Cl. The minimum absolute atomic E-state index is 0. The molecular weight excluding hydrogens is 306 g/mol. The van der Waals surface area contributed by atoms with Gasteiger partial charge in [0.15, 0.2) is 0 Å². The molecule has 6 nitrogen and oxygen atoms in total. The number of amides is 2. The molecule has 0 saturated carbocycles. The van der Waals surface area contributed by atoms with Crippen molar-refractivity contribution >= 4 is 29.9 Å². The van der Waals surface area contributed by atoms with Crippen LogP contribution in [0.2, 0.25) is 0 Å². The van der Waals surface area contributed by atoms with Crippen molar-refractivity contribution < 1.29 is 14.3 Å². The van der Waals surface area contributed by atoms with Gasteiger partial charge in [-0.05, 0) is 24.6 Å². The van der Waals surface area contributed by atoms with Crippen molar-refractivity contribution in [2.45, 2.75) is 26.4 Å². The summed E-state index contributed by atoms with van der Waals surface area (Å²) >= 11 is 0. The molecule has 0 spiro atoms. The Morgan fingerprint density at radius 2 is 2.09 bits per heavy atom. The zero-order valence-electron chi connectivity index (χ0n) is 13.2. The van der Waals surface area contributed by atoms with Crippen LogP contribution in [-0.4, -0.2) is 43.0 Å². The van der Waals surface area contributed by atoms with Crippen molar-refractivity contribution in [2.75, 3.05) is 25.6 Å². The van der Waals surface area contributed by atoms with Gasteiger partial charge in [0.05, 0.1) is 6.61 Å². The molecule has 0 aliphatic carbocycles. The lowest BCUT2D eigenvalue weighted by molar-refractivity contribution is -0.129. The first kappa shape index (κ1) is 20.4. The lowest BCUT2D eigenvalue weighted by atomic mass is 10.1. The Kier molecular flexibility index (Phi) is 9.40. The number of nitrogens with zero attached hydrogens (tertiary/aromatic N) is 1. The number of hydrogen-bond donors (Lipinski definition) is 2. The fourth-order valence-corrected chi connectivity index (χ4v) is 1.90. The van der Waals surface area contributed by atoms with Gasteiger partial charge in [0.2, 0.25) is 11.8 Å². The Bertz CT molecular complexity index is 497. The molecule has 3 N–H and O–H groups in total. The molecule has 0 aliphatic rings. The molecule has 7 heteroatoms. The van der Waals surface area contributed by atoms with E-state index in [0.717, 1.165) is 5.56 Å². The normalized spacial score (nSPS) is 11.3. The molecule has 0 aliphatic heterocycles.